The van der Waals surface area contributed by atoms with Gasteiger partial charge in [0.1, 0.15) is 17.5 Å². The van der Waals surface area contributed by atoms with Gasteiger partial charge in [-0.25, -0.2) is 15.8 Å². The van der Waals surface area contributed by atoms with Gasteiger partial charge in [0, 0.05) is 37.1 Å². The summed E-state index contributed by atoms with van der Waals surface area (Å²) >= 11 is 1.99. The van der Waals surface area contributed by atoms with E-state index in [2.05, 4.69) is 20.3 Å². The average Bonchev–Trinajstić information content (AvgIpc) is 2.39. The van der Waals surface area contributed by atoms with Crippen LogP contribution in [0.1, 0.15) is 12.7 Å². The zero-order chi connectivity index (χ0) is 11.4. The summed E-state index contributed by atoms with van der Waals surface area (Å²) < 4.78 is 0. The lowest BCUT2D eigenvalue weighted by Gasteiger charge is -2.27. The van der Waals surface area contributed by atoms with Crippen molar-refractivity contribution >= 4 is 23.4 Å². The highest BCUT2D eigenvalue weighted by Crippen LogP contribution is 2.19. The Kier molecular flexibility index (Phi) is 3.84. The molecule has 88 valence electrons. The standard InChI is InChI=1S/C10H17N5S/c1-2-8-12-9(14-11)7-10(13-8)15-3-5-16-6-4-15/h7H,2-6,11H2,1H3,(H,12,13,14). The number of hydrazine groups is 1. The molecule has 0 spiro atoms. The number of nitrogens with two attached hydrogens (primary N) is 1. The largest absolute Gasteiger partial charge is 0.355 e. The normalized spacial score (nSPS) is 16.2. The summed E-state index contributed by atoms with van der Waals surface area (Å²) in [5, 5.41) is 0. The van der Waals surface area contributed by atoms with E-state index in [1.165, 1.54) is 0 Å². The number of hydrogen-bond donors (Lipinski definition) is 2. The smallest absolute Gasteiger partial charge is 0.145 e. The molecular weight excluding hydrogens is 222 g/mol. The number of anilines is 2. The summed E-state index contributed by atoms with van der Waals surface area (Å²) in [6.07, 6.45) is 0.825. The van der Waals surface area contributed by atoms with Gasteiger partial charge in [-0.1, -0.05) is 6.92 Å². The van der Waals surface area contributed by atoms with Gasteiger partial charge in [0.05, 0.1) is 0 Å². The molecule has 0 aromatic carbocycles. The van der Waals surface area contributed by atoms with Gasteiger partial charge >= 0.3 is 0 Å². The van der Waals surface area contributed by atoms with Crippen LogP contribution in [0.15, 0.2) is 6.07 Å². The van der Waals surface area contributed by atoms with Crippen LogP contribution >= 0.6 is 11.8 Å². The summed E-state index contributed by atoms with van der Waals surface area (Å²) in [5.41, 5.74) is 2.60. The van der Waals surface area contributed by atoms with E-state index >= 15 is 0 Å². The predicted octanol–water partition coefficient (Wildman–Crippen LogP) is 0.878. The van der Waals surface area contributed by atoms with Crippen molar-refractivity contribution in [3.63, 3.8) is 0 Å². The van der Waals surface area contributed by atoms with Gasteiger partial charge in [0.15, 0.2) is 0 Å². The number of thioether (sulfide) groups is 1. The Balaban J connectivity index is 2.24. The van der Waals surface area contributed by atoms with Gasteiger partial charge < -0.3 is 10.3 Å². The lowest BCUT2D eigenvalue weighted by Crippen LogP contribution is -2.33. The van der Waals surface area contributed by atoms with E-state index in [0.717, 1.165) is 42.7 Å². The number of hydrogen-bond acceptors (Lipinski definition) is 6. The third-order valence-electron chi connectivity index (χ3n) is 2.56. The van der Waals surface area contributed by atoms with Crippen molar-refractivity contribution in [1.82, 2.24) is 9.97 Å². The Morgan fingerprint density at radius 1 is 1.44 bits per heavy atom. The fraction of sp³-hybridized carbons (Fsp3) is 0.600. The monoisotopic (exact) mass is 239 g/mol. The molecule has 3 N–H and O–H groups in total. The van der Waals surface area contributed by atoms with Crippen LogP contribution in [-0.4, -0.2) is 34.6 Å². The van der Waals surface area contributed by atoms with Crippen LogP contribution < -0.4 is 16.2 Å². The summed E-state index contributed by atoms with van der Waals surface area (Å²) in [6, 6.07) is 1.91. The molecule has 0 aliphatic carbocycles. The van der Waals surface area contributed by atoms with Crippen molar-refractivity contribution in [2.75, 3.05) is 34.9 Å². The summed E-state index contributed by atoms with van der Waals surface area (Å²) in [5.74, 6) is 10.3. The Bertz CT molecular complexity index is 329. The van der Waals surface area contributed by atoms with Gasteiger partial charge in [-0.05, 0) is 0 Å². The number of rotatable bonds is 3. The third-order valence-corrected chi connectivity index (χ3v) is 3.50. The minimum Gasteiger partial charge on any atom is -0.355 e. The molecule has 5 nitrogen and oxygen atoms in total. The van der Waals surface area contributed by atoms with Crippen molar-refractivity contribution in [2.45, 2.75) is 13.3 Å². The molecule has 1 aromatic rings. The first-order valence-corrected chi connectivity index (χ1v) is 6.66. The molecular formula is C10H17N5S. The molecule has 1 saturated heterocycles. The minimum atomic E-state index is 0.695. The van der Waals surface area contributed by atoms with Crippen molar-refractivity contribution in [3.8, 4) is 0 Å². The van der Waals surface area contributed by atoms with Crippen molar-refractivity contribution in [1.29, 1.82) is 0 Å². The van der Waals surface area contributed by atoms with E-state index in [-0.39, 0.29) is 0 Å². The highest BCUT2D eigenvalue weighted by Gasteiger charge is 2.14. The molecule has 1 aliphatic rings. The zero-order valence-electron chi connectivity index (χ0n) is 9.44. The molecule has 2 heterocycles. The van der Waals surface area contributed by atoms with Gasteiger partial charge in [-0.2, -0.15) is 11.8 Å². The molecule has 2 rings (SSSR count). The summed E-state index contributed by atoms with van der Waals surface area (Å²) in [4.78, 5) is 11.1. The second-order valence-corrected chi connectivity index (χ2v) is 4.85. The number of aryl methyl sites for hydroxylation is 1. The molecule has 16 heavy (non-hydrogen) atoms. The molecule has 1 aliphatic heterocycles. The Hall–Kier alpha value is -1.01. The molecule has 0 radical (unpaired) electrons. The molecule has 0 saturated carbocycles. The lowest BCUT2D eigenvalue weighted by atomic mass is 10.4. The van der Waals surface area contributed by atoms with Crippen LogP contribution in [0.3, 0.4) is 0 Å². The van der Waals surface area contributed by atoms with Crippen LogP contribution in [0.5, 0.6) is 0 Å². The molecule has 0 unspecified atom stereocenters. The van der Waals surface area contributed by atoms with Crippen LogP contribution in [0.25, 0.3) is 0 Å². The van der Waals surface area contributed by atoms with E-state index in [1.807, 2.05) is 24.8 Å². The Morgan fingerprint density at radius 2 is 2.19 bits per heavy atom. The van der Waals surface area contributed by atoms with E-state index in [4.69, 9.17) is 5.84 Å². The van der Waals surface area contributed by atoms with Gasteiger partial charge in [-0.15, -0.1) is 0 Å². The SMILES string of the molecule is CCc1nc(NN)cc(N2CCSCC2)n1. The topological polar surface area (TPSA) is 67.1 Å². The molecule has 0 bridgehead atoms. The fourth-order valence-electron chi connectivity index (χ4n) is 1.67. The second-order valence-electron chi connectivity index (χ2n) is 3.62. The molecule has 0 amide bonds. The van der Waals surface area contributed by atoms with Crippen molar-refractivity contribution in [2.24, 2.45) is 5.84 Å². The van der Waals surface area contributed by atoms with Crippen molar-refractivity contribution < 1.29 is 0 Å². The van der Waals surface area contributed by atoms with E-state index in [0.29, 0.717) is 5.82 Å². The number of nitrogens with zero attached hydrogens (tertiary/aromatic N) is 3. The minimum absolute atomic E-state index is 0.695. The maximum atomic E-state index is 5.41. The van der Waals surface area contributed by atoms with E-state index < -0.39 is 0 Å². The van der Waals surface area contributed by atoms with E-state index in [9.17, 15) is 0 Å². The second kappa shape index (κ2) is 5.36. The quantitative estimate of drug-likeness (QED) is 0.603. The number of nitrogen functional groups attached to an aromatic ring is 1. The van der Waals surface area contributed by atoms with E-state index in [1.54, 1.807) is 0 Å². The summed E-state index contributed by atoms with van der Waals surface area (Å²) in [6.45, 7) is 4.15. The van der Waals surface area contributed by atoms with Crippen LogP contribution in [0.4, 0.5) is 11.6 Å². The predicted molar refractivity (Wildman–Crippen MR) is 68.8 cm³/mol. The van der Waals surface area contributed by atoms with Crippen LogP contribution in [0.2, 0.25) is 0 Å². The zero-order valence-corrected chi connectivity index (χ0v) is 10.3. The molecule has 0 atom stereocenters. The Labute approximate surface area is 99.8 Å². The Morgan fingerprint density at radius 3 is 2.81 bits per heavy atom. The lowest BCUT2D eigenvalue weighted by molar-refractivity contribution is 0.818. The third kappa shape index (κ3) is 2.56. The molecule has 6 heteroatoms. The summed E-state index contributed by atoms with van der Waals surface area (Å²) in [7, 11) is 0. The first-order valence-electron chi connectivity index (χ1n) is 5.50. The first-order chi connectivity index (χ1) is 7.83. The first kappa shape index (κ1) is 11.5. The highest BCUT2D eigenvalue weighted by molar-refractivity contribution is 7.99. The molecule has 1 fully saturated rings. The molecule has 1 aromatic heterocycles. The number of nitrogens with one attached hydrogen (secondary N) is 1. The van der Waals surface area contributed by atoms with Crippen molar-refractivity contribution in [3.05, 3.63) is 11.9 Å². The maximum absolute atomic E-state index is 5.41. The van der Waals surface area contributed by atoms with Gasteiger partial charge in [0.25, 0.3) is 0 Å². The van der Waals surface area contributed by atoms with Gasteiger partial charge in [-0.3, -0.25) is 0 Å². The average molecular weight is 239 g/mol. The van der Waals surface area contributed by atoms with Crippen LogP contribution in [0, 0.1) is 0 Å². The maximum Gasteiger partial charge on any atom is 0.145 e. The fourth-order valence-corrected chi connectivity index (χ4v) is 2.57. The number of aromatic nitrogens is 2. The van der Waals surface area contributed by atoms with Gasteiger partial charge in [0.2, 0.25) is 0 Å². The van der Waals surface area contributed by atoms with Crippen LogP contribution in [-0.2, 0) is 6.42 Å². The highest BCUT2D eigenvalue weighted by atomic mass is 32.2.